The van der Waals surface area contributed by atoms with Crippen molar-refractivity contribution >= 4 is 28.4 Å². The van der Waals surface area contributed by atoms with Crippen molar-refractivity contribution in [2.24, 2.45) is 0 Å². The van der Waals surface area contributed by atoms with Gasteiger partial charge in [0.2, 0.25) is 5.95 Å². The van der Waals surface area contributed by atoms with E-state index in [1.54, 1.807) is 6.07 Å². The lowest BCUT2D eigenvalue weighted by atomic mass is 9.95. The molecule has 2 aromatic heterocycles. The third kappa shape index (κ3) is 5.87. The zero-order chi connectivity index (χ0) is 24.9. The summed E-state index contributed by atoms with van der Waals surface area (Å²) in [6.07, 6.45) is 8.70. The van der Waals surface area contributed by atoms with Crippen LogP contribution in [0.4, 0.5) is 17.3 Å². The molecule has 0 unspecified atom stereocenters. The Bertz CT molecular complexity index is 1190. The average Bonchev–Trinajstić information content (AvgIpc) is 2.90. The highest BCUT2D eigenvalue weighted by Gasteiger charge is 2.20. The molecule has 0 spiro atoms. The molecule has 8 heteroatoms. The second-order valence-corrected chi connectivity index (χ2v) is 10.5. The molecule has 0 amide bonds. The molecule has 2 fully saturated rings. The first-order valence-corrected chi connectivity index (χ1v) is 13.4. The summed E-state index contributed by atoms with van der Waals surface area (Å²) in [5.41, 5.74) is 2.95. The Morgan fingerprint density at radius 1 is 0.972 bits per heavy atom. The molecule has 1 aromatic carbocycles. The van der Waals surface area contributed by atoms with Gasteiger partial charge in [-0.05, 0) is 76.8 Å². The highest BCUT2D eigenvalue weighted by molar-refractivity contribution is 5.76. The van der Waals surface area contributed by atoms with Crippen molar-refractivity contribution in [2.75, 3.05) is 63.6 Å². The quantitative estimate of drug-likeness (QED) is 0.511. The Hall–Kier alpha value is -2.97. The number of anilines is 3. The molecule has 192 valence electrons. The molecule has 5 rings (SSSR count). The molecule has 3 aromatic rings. The summed E-state index contributed by atoms with van der Waals surface area (Å²) < 4.78 is 1.89. The van der Waals surface area contributed by atoms with Crippen LogP contribution in [0.3, 0.4) is 0 Å². The van der Waals surface area contributed by atoms with Crippen molar-refractivity contribution in [3.05, 3.63) is 52.9 Å². The van der Waals surface area contributed by atoms with Crippen molar-refractivity contribution in [1.82, 2.24) is 24.3 Å². The van der Waals surface area contributed by atoms with Crippen LogP contribution in [-0.2, 0) is 0 Å². The van der Waals surface area contributed by atoms with Crippen LogP contribution >= 0.6 is 0 Å². The van der Waals surface area contributed by atoms with E-state index in [0.717, 1.165) is 62.3 Å². The van der Waals surface area contributed by atoms with Gasteiger partial charge in [0.25, 0.3) is 5.56 Å². The summed E-state index contributed by atoms with van der Waals surface area (Å²) in [5.74, 6) is 0.525. The van der Waals surface area contributed by atoms with Crippen LogP contribution in [0.2, 0.25) is 0 Å². The van der Waals surface area contributed by atoms with E-state index >= 15 is 0 Å². The van der Waals surface area contributed by atoms with Crippen LogP contribution in [0.15, 0.2) is 47.4 Å². The van der Waals surface area contributed by atoms with Gasteiger partial charge in [0.1, 0.15) is 5.65 Å². The number of hydrogen-bond acceptors (Lipinski definition) is 7. The number of fused-ring (bicyclic) bond motifs is 1. The Kier molecular flexibility index (Phi) is 7.82. The van der Waals surface area contributed by atoms with Gasteiger partial charge in [-0.3, -0.25) is 14.3 Å². The monoisotopic (exact) mass is 489 g/mol. The summed E-state index contributed by atoms with van der Waals surface area (Å²) >= 11 is 0. The fourth-order valence-corrected chi connectivity index (χ4v) is 5.52. The Morgan fingerprint density at radius 2 is 1.72 bits per heavy atom. The van der Waals surface area contributed by atoms with Crippen LogP contribution in [0, 0.1) is 0 Å². The van der Waals surface area contributed by atoms with Gasteiger partial charge in [-0.25, -0.2) is 4.98 Å². The summed E-state index contributed by atoms with van der Waals surface area (Å²) in [4.78, 5) is 29.3. The zero-order valence-corrected chi connectivity index (χ0v) is 21.7. The van der Waals surface area contributed by atoms with Crippen LogP contribution in [0.5, 0.6) is 0 Å². The maximum Gasteiger partial charge on any atom is 0.252 e. The molecule has 0 atom stereocenters. The molecular formula is C28H39N7O. The van der Waals surface area contributed by atoms with Crippen molar-refractivity contribution in [3.63, 3.8) is 0 Å². The van der Waals surface area contributed by atoms with Gasteiger partial charge in [-0.15, -0.1) is 0 Å². The van der Waals surface area contributed by atoms with Gasteiger partial charge < -0.3 is 15.1 Å². The Morgan fingerprint density at radius 3 is 2.44 bits per heavy atom. The van der Waals surface area contributed by atoms with Gasteiger partial charge in [0.05, 0.1) is 0 Å². The standard InChI is InChI=1S/C28H39N7O/c1-32(2)15-6-16-33-17-19-34(20-18-33)24-12-10-23(11-13-24)30-28-29-21-22-9-14-26(36)35(27(22)31-28)25-7-4-3-5-8-25/h9-14,21,25H,3-8,15-20H2,1-2H3,(H,29,30,31). The normalized spacial score (nSPS) is 17.7. The van der Waals surface area contributed by atoms with Gasteiger partial charge in [-0.2, -0.15) is 4.98 Å². The predicted octanol–water partition coefficient (Wildman–Crippen LogP) is 4.11. The SMILES string of the molecule is CN(C)CCCN1CCN(c2ccc(Nc3ncc4ccc(=O)n(C5CCCCC5)c4n3)cc2)CC1. The maximum absolute atomic E-state index is 12.8. The Labute approximate surface area is 213 Å². The Balaban J connectivity index is 1.24. The number of nitrogens with one attached hydrogen (secondary N) is 1. The van der Waals surface area contributed by atoms with E-state index in [1.165, 1.54) is 37.9 Å². The minimum absolute atomic E-state index is 0.0289. The lowest BCUT2D eigenvalue weighted by Gasteiger charge is -2.36. The van der Waals surface area contributed by atoms with Crippen molar-refractivity contribution in [1.29, 1.82) is 0 Å². The first-order valence-electron chi connectivity index (χ1n) is 13.4. The summed E-state index contributed by atoms with van der Waals surface area (Å²) in [7, 11) is 4.28. The number of nitrogens with zero attached hydrogens (tertiary/aromatic N) is 6. The second kappa shape index (κ2) is 11.4. The van der Waals surface area contributed by atoms with E-state index in [1.807, 2.05) is 16.8 Å². The maximum atomic E-state index is 12.8. The van der Waals surface area contributed by atoms with E-state index in [2.05, 4.69) is 63.4 Å². The number of rotatable bonds is 8. The van der Waals surface area contributed by atoms with Crippen molar-refractivity contribution in [3.8, 4) is 0 Å². The van der Waals surface area contributed by atoms with Crippen LogP contribution in [0.1, 0.15) is 44.6 Å². The summed E-state index contributed by atoms with van der Waals surface area (Å²) in [6, 6.07) is 12.2. The third-order valence-electron chi connectivity index (χ3n) is 7.55. The first kappa shape index (κ1) is 24.7. The van der Waals surface area contributed by atoms with Crippen LogP contribution in [-0.4, -0.2) is 77.7 Å². The van der Waals surface area contributed by atoms with Gasteiger partial charge in [-0.1, -0.05) is 19.3 Å². The van der Waals surface area contributed by atoms with E-state index < -0.39 is 0 Å². The number of hydrogen-bond donors (Lipinski definition) is 1. The minimum atomic E-state index is 0.0289. The fourth-order valence-electron chi connectivity index (χ4n) is 5.52. The van der Waals surface area contributed by atoms with Crippen molar-refractivity contribution in [2.45, 2.75) is 44.6 Å². The van der Waals surface area contributed by atoms with E-state index in [-0.39, 0.29) is 11.6 Å². The lowest BCUT2D eigenvalue weighted by molar-refractivity contribution is 0.242. The fraction of sp³-hybridized carbons (Fsp3) is 0.536. The number of benzene rings is 1. The van der Waals surface area contributed by atoms with E-state index in [4.69, 9.17) is 4.98 Å². The molecule has 1 aliphatic carbocycles. The van der Waals surface area contributed by atoms with Crippen molar-refractivity contribution < 1.29 is 0 Å². The third-order valence-corrected chi connectivity index (χ3v) is 7.55. The summed E-state index contributed by atoms with van der Waals surface area (Å²) in [6.45, 7) is 6.66. The number of pyridine rings is 1. The van der Waals surface area contributed by atoms with E-state index in [0.29, 0.717) is 5.95 Å². The molecule has 1 saturated heterocycles. The number of aromatic nitrogens is 3. The second-order valence-electron chi connectivity index (χ2n) is 10.5. The molecule has 3 heterocycles. The predicted molar refractivity (Wildman–Crippen MR) is 147 cm³/mol. The molecule has 0 radical (unpaired) electrons. The molecule has 1 saturated carbocycles. The molecular weight excluding hydrogens is 450 g/mol. The minimum Gasteiger partial charge on any atom is -0.369 e. The van der Waals surface area contributed by atoms with Gasteiger partial charge in [0.15, 0.2) is 0 Å². The highest BCUT2D eigenvalue weighted by atomic mass is 16.1. The summed E-state index contributed by atoms with van der Waals surface area (Å²) in [5, 5.41) is 4.25. The van der Waals surface area contributed by atoms with E-state index in [9.17, 15) is 4.79 Å². The van der Waals surface area contributed by atoms with Crippen LogP contribution in [0.25, 0.3) is 11.0 Å². The molecule has 8 nitrogen and oxygen atoms in total. The topological polar surface area (TPSA) is 69.5 Å². The van der Waals surface area contributed by atoms with Gasteiger partial charge in [0, 0.05) is 61.2 Å². The number of piperazine rings is 1. The molecule has 2 aliphatic rings. The molecule has 0 bridgehead atoms. The molecule has 1 N–H and O–H groups in total. The first-order chi connectivity index (χ1) is 17.6. The van der Waals surface area contributed by atoms with Crippen LogP contribution < -0.4 is 15.8 Å². The van der Waals surface area contributed by atoms with Gasteiger partial charge >= 0.3 is 0 Å². The molecule has 36 heavy (non-hydrogen) atoms. The molecule has 1 aliphatic heterocycles. The smallest absolute Gasteiger partial charge is 0.252 e. The largest absolute Gasteiger partial charge is 0.369 e. The highest BCUT2D eigenvalue weighted by Crippen LogP contribution is 2.29. The average molecular weight is 490 g/mol. The lowest BCUT2D eigenvalue weighted by Crippen LogP contribution is -2.46. The zero-order valence-electron chi connectivity index (χ0n) is 21.7.